The molecular weight excluding hydrogens is 374 g/mol. The Morgan fingerprint density at radius 2 is 1.72 bits per heavy atom. The lowest BCUT2D eigenvalue weighted by molar-refractivity contribution is -0.131. The standard InChI is InChI=1S/C21H21N3O5/c1-21(2)10-15-4-3-5-17(20(15)29-21)28-13-19(26)24-23-18(25)12-27-16-8-6-14(11-22)7-9-16/h3-9H,10,12-13H2,1-2H3,(H,23,25)(H,24,26). The number of rotatable bonds is 6. The summed E-state index contributed by atoms with van der Waals surface area (Å²) in [6.45, 7) is 3.40. The second-order valence-electron chi connectivity index (χ2n) is 7.09. The molecule has 2 N–H and O–H groups in total. The number of hydrogen-bond donors (Lipinski definition) is 2. The highest BCUT2D eigenvalue weighted by molar-refractivity contribution is 5.83. The van der Waals surface area contributed by atoms with Crippen molar-refractivity contribution >= 4 is 11.8 Å². The number of nitrogens with zero attached hydrogens (tertiary/aromatic N) is 1. The number of carbonyl (C=O) groups excluding carboxylic acids is 2. The number of hydrogen-bond acceptors (Lipinski definition) is 6. The Labute approximate surface area is 168 Å². The van der Waals surface area contributed by atoms with E-state index in [1.165, 1.54) is 0 Å². The van der Waals surface area contributed by atoms with Gasteiger partial charge in [0, 0.05) is 12.0 Å². The zero-order valence-electron chi connectivity index (χ0n) is 16.2. The highest BCUT2D eigenvalue weighted by atomic mass is 16.5. The maximum absolute atomic E-state index is 11.9. The Bertz CT molecular complexity index is 948. The van der Waals surface area contributed by atoms with Crippen LogP contribution in [0.1, 0.15) is 25.0 Å². The molecule has 3 rings (SSSR count). The molecule has 0 saturated carbocycles. The van der Waals surface area contributed by atoms with Crippen LogP contribution in [-0.2, 0) is 16.0 Å². The van der Waals surface area contributed by atoms with E-state index in [1.807, 2.05) is 32.0 Å². The van der Waals surface area contributed by atoms with Gasteiger partial charge in [0.25, 0.3) is 11.8 Å². The molecule has 29 heavy (non-hydrogen) atoms. The van der Waals surface area contributed by atoms with Crippen molar-refractivity contribution in [1.29, 1.82) is 5.26 Å². The van der Waals surface area contributed by atoms with Crippen LogP contribution >= 0.6 is 0 Å². The molecule has 0 radical (unpaired) electrons. The summed E-state index contributed by atoms with van der Waals surface area (Å²) in [5.74, 6) is 0.512. The van der Waals surface area contributed by atoms with Crippen molar-refractivity contribution in [2.24, 2.45) is 0 Å². The van der Waals surface area contributed by atoms with E-state index in [0.29, 0.717) is 22.8 Å². The van der Waals surface area contributed by atoms with Crippen LogP contribution in [0, 0.1) is 11.3 Å². The highest BCUT2D eigenvalue weighted by Crippen LogP contribution is 2.41. The third kappa shape index (κ3) is 5.39. The van der Waals surface area contributed by atoms with Crippen LogP contribution in [0.3, 0.4) is 0 Å². The third-order valence-electron chi connectivity index (χ3n) is 4.11. The molecule has 0 fully saturated rings. The SMILES string of the molecule is CC1(C)Cc2cccc(OCC(=O)NNC(=O)COc3ccc(C#N)cc3)c2O1. The lowest BCUT2D eigenvalue weighted by atomic mass is 10.0. The lowest BCUT2D eigenvalue weighted by Gasteiger charge is -2.18. The molecule has 2 aromatic carbocycles. The fourth-order valence-electron chi connectivity index (χ4n) is 2.83. The van der Waals surface area contributed by atoms with E-state index in [4.69, 9.17) is 19.5 Å². The number of carbonyl (C=O) groups is 2. The lowest BCUT2D eigenvalue weighted by Crippen LogP contribution is -2.45. The van der Waals surface area contributed by atoms with E-state index in [1.54, 1.807) is 30.3 Å². The van der Waals surface area contributed by atoms with Gasteiger partial charge in [-0.25, -0.2) is 0 Å². The van der Waals surface area contributed by atoms with Crippen molar-refractivity contribution in [2.45, 2.75) is 25.9 Å². The molecule has 0 bridgehead atoms. The van der Waals surface area contributed by atoms with Crippen LogP contribution in [0.2, 0.25) is 0 Å². The molecule has 0 unspecified atom stereocenters. The van der Waals surface area contributed by atoms with Gasteiger partial charge in [-0.3, -0.25) is 20.4 Å². The Kier molecular flexibility index (Phi) is 5.88. The van der Waals surface area contributed by atoms with Gasteiger partial charge in [-0.1, -0.05) is 12.1 Å². The minimum atomic E-state index is -0.534. The number of nitriles is 1. The summed E-state index contributed by atoms with van der Waals surface area (Å²) in [6.07, 6.45) is 0.765. The first-order chi connectivity index (χ1) is 13.9. The first-order valence-corrected chi connectivity index (χ1v) is 9.01. The Morgan fingerprint density at radius 1 is 1.07 bits per heavy atom. The molecule has 0 spiro atoms. The Morgan fingerprint density at radius 3 is 2.38 bits per heavy atom. The molecule has 1 aliphatic rings. The van der Waals surface area contributed by atoms with Crippen molar-refractivity contribution in [1.82, 2.24) is 10.9 Å². The zero-order valence-corrected chi connectivity index (χ0v) is 16.2. The molecule has 0 atom stereocenters. The average molecular weight is 395 g/mol. The van der Waals surface area contributed by atoms with Gasteiger partial charge in [-0.15, -0.1) is 0 Å². The van der Waals surface area contributed by atoms with Crippen LogP contribution in [0.15, 0.2) is 42.5 Å². The van der Waals surface area contributed by atoms with Crippen molar-refractivity contribution in [3.05, 3.63) is 53.6 Å². The van der Waals surface area contributed by atoms with E-state index in [0.717, 1.165) is 12.0 Å². The molecule has 1 aliphatic heterocycles. The predicted octanol–water partition coefficient (Wildman–Crippen LogP) is 1.88. The van der Waals surface area contributed by atoms with Gasteiger partial charge in [-0.05, 0) is 44.2 Å². The van der Waals surface area contributed by atoms with Crippen LogP contribution in [0.25, 0.3) is 0 Å². The third-order valence-corrected chi connectivity index (χ3v) is 4.11. The maximum Gasteiger partial charge on any atom is 0.276 e. The van der Waals surface area contributed by atoms with Gasteiger partial charge in [0.15, 0.2) is 24.7 Å². The fraction of sp³-hybridized carbons (Fsp3) is 0.286. The smallest absolute Gasteiger partial charge is 0.276 e. The van der Waals surface area contributed by atoms with E-state index in [-0.39, 0.29) is 18.8 Å². The molecule has 2 aromatic rings. The summed E-state index contributed by atoms with van der Waals surface area (Å²) in [4.78, 5) is 23.7. The van der Waals surface area contributed by atoms with Crippen LogP contribution in [0.4, 0.5) is 0 Å². The molecule has 0 saturated heterocycles. The largest absolute Gasteiger partial charge is 0.484 e. The number of nitrogens with one attached hydrogen (secondary N) is 2. The summed E-state index contributed by atoms with van der Waals surface area (Å²) in [7, 11) is 0. The van der Waals surface area contributed by atoms with Gasteiger partial charge in [0.2, 0.25) is 0 Å². The normalized spacial score (nSPS) is 13.4. The molecule has 1 heterocycles. The second kappa shape index (κ2) is 8.52. The van der Waals surface area contributed by atoms with Crippen LogP contribution < -0.4 is 25.1 Å². The Balaban J connectivity index is 1.41. The van der Waals surface area contributed by atoms with Gasteiger partial charge >= 0.3 is 0 Å². The van der Waals surface area contributed by atoms with E-state index in [9.17, 15) is 9.59 Å². The maximum atomic E-state index is 11.9. The van der Waals surface area contributed by atoms with E-state index in [2.05, 4.69) is 10.9 Å². The molecule has 150 valence electrons. The van der Waals surface area contributed by atoms with Crippen molar-refractivity contribution in [3.63, 3.8) is 0 Å². The monoisotopic (exact) mass is 395 g/mol. The summed E-state index contributed by atoms with van der Waals surface area (Å²) in [6, 6.07) is 13.9. The quantitative estimate of drug-likeness (QED) is 0.723. The predicted molar refractivity (Wildman–Crippen MR) is 103 cm³/mol. The topological polar surface area (TPSA) is 110 Å². The molecular formula is C21H21N3O5. The first kappa shape index (κ1) is 20.0. The summed E-state index contributed by atoms with van der Waals surface area (Å²) < 4.78 is 16.7. The molecule has 2 amide bonds. The molecule has 0 aliphatic carbocycles. The van der Waals surface area contributed by atoms with Crippen LogP contribution in [-0.4, -0.2) is 30.6 Å². The second-order valence-corrected chi connectivity index (χ2v) is 7.09. The van der Waals surface area contributed by atoms with Crippen LogP contribution in [0.5, 0.6) is 17.2 Å². The van der Waals surface area contributed by atoms with E-state index >= 15 is 0 Å². The first-order valence-electron chi connectivity index (χ1n) is 9.01. The molecule has 0 aromatic heterocycles. The number of fused-ring (bicyclic) bond motifs is 1. The van der Waals surface area contributed by atoms with E-state index < -0.39 is 11.8 Å². The van der Waals surface area contributed by atoms with Gasteiger partial charge < -0.3 is 14.2 Å². The number of benzene rings is 2. The van der Waals surface area contributed by atoms with Gasteiger partial charge in [0.1, 0.15) is 11.4 Å². The number of amides is 2. The fourth-order valence-corrected chi connectivity index (χ4v) is 2.83. The minimum Gasteiger partial charge on any atom is -0.484 e. The zero-order chi connectivity index (χ0) is 20.9. The number of para-hydroxylation sites is 1. The molecule has 8 nitrogen and oxygen atoms in total. The minimum absolute atomic E-state index is 0.281. The van der Waals surface area contributed by atoms with Crippen molar-refractivity contribution < 1.29 is 23.8 Å². The Hall–Kier alpha value is -3.73. The van der Waals surface area contributed by atoms with Gasteiger partial charge in [0.05, 0.1) is 11.6 Å². The number of hydrazine groups is 1. The van der Waals surface area contributed by atoms with Gasteiger partial charge in [-0.2, -0.15) is 5.26 Å². The summed E-state index contributed by atoms with van der Waals surface area (Å²) in [5.41, 5.74) is 5.72. The summed E-state index contributed by atoms with van der Waals surface area (Å²) >= 11 is 0. The molecule has 8 heteroatoms. The van der Waals surface area contributed by atoms with Crippen molar-refractivity contribution in [2.75, 3.05) is 13.2 Å². The summed E-state index contributed by atoms with van der Waals surface area (Å²) in [5, 5.41) is 8.74. The number of ether oxygens (including phenoxy) is 3. The highest BCUT2D eigenvalue weighted by Gasteiger charge is 2.32. The van der Waals surface area contributed by atoms with Crippen molar-refractivity contribution in [3.8, 4) is 23.3 Å². The average Bonchev–Trinajstić information content (AvgIpc) is 3.03.